The van der Waals surface area contributed by atoms with E-state index in [0.717, 1.165) is 19.1 Å². The Hall–Kier alpha value is -1.53. The number of Topliss-reactive ketones (excluding diaryl/α,β-unsaturated/α-hetero) is 1. The summed E-state index contributed by atoms with van der Waals surface area (Å²) >= 11 is 0. The van der Waals surface area contributed by atoms with Crippen LogP contribution in [0.4, 0.5) is 26.3 Å². The van der Waals surface area contributed by atoms with Crippen LogP contribution in [0.15, 0.2) is 12.1 Å². The van der Waals surface area contributed by atoms with E-state index in [4.69, 9.17) is 0 Å². The number of aryl methyl sites for hydroxylation is 2. The minimum absolute atomic E-state index is 0.263. The normalized spacial score (nSPS) is 12.7. The third-order valence-electron chi connectivity index (χ3n) is 2.30. The van der Waals surface area contributed by atoms with Gasteiger partial charge in [-0.2, -0.15) is 22.0 Å². The second-order valence-electron chi connectivity index (χ2n) is 3.84. The third-order valence-corrected chi connectivity index (χ3v) is 2.30. The zero-order chi connectivity index (χ0) is 14.3. The maximum absolute atomic E-state index is 13.4. The van der Waals surface area contributed by atoms with Crippen molar-refractivity contribution in [2.24, 2.45) is 0 Å². The summed E-state index contributed by atoms with van der Waals surface area (Å²) in [7, 11) is 0. The summed E-state index contributed by atoms with van der Waals surface area (Å²) < 4.78 is 75.1. The Kier molecular flexibility index (Phi) is 3.47. The van der Waals surface area contributed by atoms with Crippen LogP contribution < -0.4 is 0 Å². The Balaban J connectivity index is 3.37. The first-order chi connectivity index (χ1) is 7.98. The van der Waals surface area contributed by atoms with Gasteiger partial charge in [0.2, 0.25) is 5.78 Å². The summed E-state index contributed by atoms with van der Waals surface area (Å²) in [5.41, 5.74) is -1.18. The van der Waals surface area contributed by atoms with Gasteiger partial charge in [0, 0.05) is 0 Å². The van der Waals surface area contributed by atoms with Crippen molar-refractivity contribution < 1.29 is 31.1 Å². The van der Waals surface area contributed by atoms with E-state index in [2.05, 4.69) is 0 Å². The fourth-order valence-electron chi connectivity index (χ4n) is 1.49. The van der Waals surface area contributed by atoms with Crippen molar-refractivity contribution in [3.8, 4) is 0 Å². The average molecular weight is 270 g/mol. The molecule has 0 bridgehead atoms. The molecule has 7 heteroatoms. The lowest BCUT2D eigenvalue weighted by Crippen LogP contribution is -2.44. The van der Waals surface area contributed by atoms with Crippen LogP contribution in [0.2, 0.25) is 0 Å². The molecule has 1 aromatic rings. The molecule has 0 amide bonds. The first-order valence-corrected chi connectivity index (χ1v) is 4.74. The van der Waals surface area contributed by atoms with Crippen LogP contribution in [0, 0.1) is 19.7 Å². The molecule has 18 heavy (non-hydrogen) atoms. The largest absolute Gasteiger partial charge is 0.461 e. The standard InChI is InChI=1S/C11H8F6O/c1-5-3-6(2)8(7(12)4-5)9(18)10(13,14)11(15,16)17/h3-4H,1-2H3. The molecule has 0 radical (unpaired) electrons. The van der Waals surface area contributed by atoms with Crippen molar-refractivity contribution in [1.29, 1.82) is 0 Å². The van der Waals surface area contributed by atoms with E-state index in [0.29, 0.717) is 5.56 Å². The molecule has 0 heterocycles. The van der Waals surface area contributed by atoms with Crippen LogP contribution in [0.3, 0.4) is 0 Å². The minimum atomic E-state index is -6.05. The van der Waals surface area contributed by atoms with Gasteiger partial charge in [-0.1, -0.05) is 6.07 Å². The zero-order valence-electron chi connectivity index (χ0n) is 9.33. The van der Waals surface area contributed by atoms with Gasteiger partial charge in [-0.15, -0.1) is 0 Å². The van der Waals surface area contributed by atoms with Crippen molar-refractivity contribution in [2.45, 2.75) is 25.9 Å². The van der Waals surface area contributed by atoms with Crippen LogP contribution in [0.1, 0.15) is 21.5 Å². The van der Waals surface area contributed by atoms with Crippen LogP contribution in [-0.4, -0.2) is 17.9 Å². The van der Waals surface area contributed by atoms with Crippen LogP contribution in [0.25, 0.3) is 0 Å². The summed E-state index contributed by atoms with van der Waals surface area (Å²) in [5, 5.41) is 0. The number of hydrogen-bond acceptors (Lipinski definition) is 1. The first-order valence-electron chi connectivity index (χ1n) is 4.74. The molecule has 1 nitrogen and oxygen atoms in total. The second kappa shape index (κ2) is 4.29. The topological polar surface area (TPSA) is 17.1 Å². The molecule has 0 N–H and O–H groups in total. The Morgan fingerprint density at radius 2 is 1.56 bits per heavy atom. The van der Waals surface area contributed by atoms with Gasteiger partial charge in [-0.05, 0) is 31.0 Å². The van der Waals surface area contributed by atoms with Crippen LogP contribution >= 0.6 is 0 Å². The molecule has 100 valence electrons. The summed E-state index contributed by atoms with van der Waals surface area (Å²) in [6.07, 6.45) is -6.05. The third kappa shape index (κ3) is 2.34. The molecule has 0 unspecified atom stereocenters. The smallest absolute Gasteiger partial charge is 0.287 e. The fourth-order valence-corrected chi connectivity index (χ4v) is 1.49. The molecular weight excluding hydrogens is 262 g/mol. The van der Waals surface area contributed by atoms with Gasteiger partial charge >= 0.3 is 12.1 Å². The Morgan fingerprint density at radius 1 is 1.06 bits per heavy atom. The highest BCUT2D eigenvalue weighted by molar-refractivity contribution is 6.03. The summed E-state index contributed by atoms with van der Waals surface area (Å²) in [5.74, 6) is -9.57. The predicted molar refractivity (Wildman–Crippen MR) is 51.2 cm³/mol. The van der Waals surface area contributed by atoms with Crippen LogP contribution in [-0.2, 0) is 0 Å². The second-order valence-corrected chi connectivity index (χ2v) is 3.84. The average Bonchev–Trinajstić information content (AvgIpc) is 2.13. The minimum Gasteiger partial charge on any atom is -0.287 e. The highest BCUT2D eigenvalue weighted by atomic mass is 19.4. The predicted octanol–water partition coefficient (Wildman–Crippen LogP) is 3.82. The van der Waals surface area contributed by atoms with E-state index in [-0.39, 0.29) is 5.56 Å². The monoisotopic (exact) mass is 270 g/mol. The van der Waals surface area contributed by atoms with Gasteiger partial charge in [0.05, 0.1) is 5.56 Å². The molecule has 0 aliphatic heterocycles. The molecule has 0 aromatic heterocycles. The number of ketones is 1. The first kappa shape index (κ1) is 14.5. The molecule has 0 aliphatic rings. The van der Waals surface area contributed by atoms with E-state index in [1.807, 2.05) is 0 Å². The van der Waals surface area contributed by atoms with E-state index in [1.165, 1.54) is 6.92 Å². The number of benzene rings is 1. The molecule has 0 saturated heterocycles. The van der Waals surface area contributed by atoms with Crippen molar-refractivity contribution >= 4 is 5.78 Å². The lowest BCUT2D eigenvalue weighted by atomic mass is 9.97. The fraction of sp³-hybridized carbons (Fsp3) is 0.364. The SMILES string of the molecule is Cc1cc(C)c(C(=O)C(F)(F)C(F)(F)F)c(F)c1. The van der Waals surface area contributed by atoms with Gasteiger partial charge in [0.1, 0.15) is 5.82 Å². The van der Waals surface area contributed by atoms with E-state index in [1.54, 1.807) is 0 Å². The number of carbonyl (C=O) groups excluding carboxylic acids is 1. The molecule has 0 aliphatic carbocycles. The summed E-state index contributed by atoms with van der Waals surface area (Å²) in [6, 6.07) is 1.88. The molecule has 1 aromatic carbocycles. The Bertz CT molecular complexity index is 466. The summed E-state index contributed by atoms with van der Waals surface area (Å²) in [6.45, 7) is 2.52. The summed E-state index contributed by atoms with van der Waals surface area (Å²) in [4.78, 5) is 11.2. The molecule has 0 atom stereocenters. The Morgan fingerprint density at radius 3 is 1.94 bits per heavy atom. The number of hydrogen-bond donors (Lipinski definition) is 0. The van der Waals surface area contributed by atoms with E-state index >= 15 is 0 Å². The van der Waals surface area contributed by atoms with Crippen molar-refractivity contribution in [1.82, 2.24) is 0 Å². The van der Waals surface area contributed by atoms with Crippen molar-refractivity contribution in [3.05, 3.63) is 34.6 Å². The van der Waals surface area contributed by atoms with Gasteiger partial charge in [0.25, 0.3) is 0 Å². The van der Waals surface area contributed by atoms with Gasteiger partial charge < -0.3 is 0 Å². The zero-order valence-corrected chi connectivity index (χ0v) is 9.33. The molecule has 0 saturated carbocycles. The molecular formula is C11H8F6O. The highest BCUT2D eigenvalue weighted by Crippen LogP contribution is 2.39. The molecule has 0 fully saturated rings. The molecule has 0 spiro atoms. The van der Waals surface area contributed by atoms with Crippen molar-refractivity contribution in [3.63, 3.8) is 0 Å². The maximum atomic E-state index is 13.4. The van der Waals surface area contributed by atoms with Crippen molar-refractivity contribution in [2.75, 3.05) is 0 Å². The lowest BCUT2D eigenvalue weighted by Gasteiger charge is -2.19. The van der Waals surface area contributed by atoms with Gasteiger partial charge in [-0.3, -0.25) is 4.79 Å². The van der Waals surface area contributed by atoms with Gasteiger partial charge in [-0.25, -0.2) is 4.39 Å². The highest BCUT2D eigenvalue weighted by Gasteiger charge is 2.63. The number of rotatable bonds is 2. The van der Waals surface area contributed by atoms with E-state index < -0.39 is 29.3 Å². The van der Waals surface area contributed by atoms with Gasteiger partial charge in [0.15, 0.2) is 0 Å². The van der Waals surface area contributed by atoms with Crippen LogP contribution in [0.5, 0.6) is 0 Å². The molecule has 1 rings (SSSR count). The number of halogens is 6. The Labute approximate surface area is 98.4 Å². The lowest BCUT2D eigenvalue weighted by molar-refractivity contribution is -0.255. The maximum Gasteiger partial charge on any atom is 0.461 e. The quantitative estimate of drug-likeness (QED) is 0.589. The number of alkyl halides is 5. The number of carbonyl (C=O) groups is 1. The van der Waals surface area contributed by atoms with E-state index in [9.17, 15) is 31.1 Å².